The van der Waals surface area contributed by atoms with Crippen molar-refractivity contribution in [3.63, 3.8) is 0 Å². The number of aromatic nitrogens is 1. The minimum atomic E-state index is -0.687. The van der Waals surface area contributed by atoms with E-state index >= 15 is 0 Å². The lowest BCUT2D eigenvalue weighted by atomic mass is 9.88. The molecule has 0 aliphatic carbocycles. The number of hydrogen-bond donors (Lipinski definition) is 1. The molecule has 0 bridgehead atoms. The van der Waals surface area contributed by atoms with Gasteiger partial charge in [-0.05, 0) is 19.8 Å². The molecule has 1 saturated heterocycles. The highest BCUT2D eigenvalue weighted by atomic mass is 16.5. The molecule has 7 nitrogen and oxygen atoms in total. The zero-order chi connectivity index (χ0) is 15.9. The summed E-state index contributed by atoms with van der Waals surface area (Å²) in [4.78, 5) is 30.6. The number of nitrogens with one attached hydrogen (secondary N) is 1. The molecule has 0 atom stereocenters. The van der Waals surface area contributed by atoms with Crippen molar-refractivity contribution in [3.05, 3.63) is 17.5 Å². The van der Waals surface area contributed by atoms with Gasteiger partial charge in [0.1, 0.15) is 17.1 Å². The van der Waals surface area contributed by atoms with E-state index in [1.54, 1.807) is 17.9 Å². The number of carbonyl (C=O) groups excluding carboxylic acids is 2. The second-order valence-electron chi connectivity index (χ2n) is 6.24. The standard InChI is InChI=1S/C15H20N4O3/c1-9(2)12-8-11(18-22-12)13(20)19-6-4-15(5-7-19)14(21)16-10(3)17-15/h8-9H,4-7H2,1-3H3,(H,16,17,21). The summed E-state index contributed by atoms with van der Waals surface area (Å²) < 4.78 is 5.18. The summed E-state index contributed by atoms with van der Waals surface area (Å²) >= 11 is 0. The van der Waals surface area contributed by atoms with Crippen molar-refractivity contribution in [2.45, 2.75) is 45.1 Å². The Hall–Kier alpha value is -2.18. The number of rotatable bonds is 2. The van der Waals surface area contributed by atoms with Crippen LogP contribution in [0.25, 0.3) is 0 Å². The fourth-order valence-electron chi connectivity index (χ4n) is 2.92. The summed E-state index contributed by atoms with van der Waals surface area (Å²) in [6.45, 7) is 6.74. The van der Waals surface area contributed by atoms with Gasteiger partial charge in [-0.3, -0.25) is 14.6 Å². The fourth-order valence-corrected chi connectivity index (χ4v) is 2.92. The zero-order valence-corrected chi connectivity index (χ0v) is 13.0. The van der Waals surface area contributed by atoms with Crippen LogP contribution in [0.5, 0.6) is 0 Å². The third kappa shape index (κ3) is 2.40. The first kappa shape index (κ1) is 14.7. The second-order valence-corrected chi connectivity index (χ2v) is 6.24. The van der Waals surface area contributed by atoms with Gasteiger partial charge in [0.25, 0.3) is 11.8 Å². The maximum absolute atomic E-state index is 12.5. The summed E-state index contributed by atoms with van der Waals surface area (Å²) in [5, 5.41) is 6.60. The van der Waals surface area contributed by atoms with Crippen LogP contribution in [0.2, 0.25) is 0 Å². The predicted molar refractivity (Wildman–Crippen MR) is 79.7 cm³/mol. The molecule has 0 radical (unpaired) electrons. The molecule has 0 aromatic carbocycles. The normalized spacial score (nSPS) is 20.5. The van der Waals surface area contributed by atoms with Crippen LogP contribution in [0.3, 0.4) is 0 Å². The zero-order valence-electron chi connectivity index (χ0n) is 13.0. The molecule has 7 heteroatoms. The monoisotopic (exact) mass is 304 g/mol. The third-order valence-corrected chi connectivity index (χ3v) is 4.29. The Bertz CT molecular complexity index is 639. The van der Waals surface area contributed by atoms with Crippen LogP contribution in [0.4, 0.5) is 0 Å². The van der Waals surface area contributed by atoms with Gasteiger partial charge in [0, 0.05) is 25.1 Å². The Kier molecular flexibility index (Phi) is 3.50. The minimum Gasteiger partial charge on any atom is -0.360 e. The van der Waals surface area contributed by atoms with Gasteiger partial charge in [0.05, 0.1) is 0 Å². The van der Waals surface area contributed by atoms with Gasteiger partial charge in [-0.1, -0.05) is 19.0 Å². The van der Waals surface area contributed by atoms with E-state index < -0.39 is 5.54 Å². The molecule has 3 heterocycles. The van der Waals surface area contributed by atoms with Crippen molar-refractivity contribution in [1.29, 1.82) is 0 Å². The molecular weight excluding hydrogens is 284 g/mol. The van der Waals surface area contributed by atoms with Crippen molar-refractivity contribution in [2.24, 2.45) is 4.99 Å². The van der Waals surface area contributed by atoms with Crippen LogP contribution in [0.1, 0.15) is 55.8 Å². The quantitative estimate of drug-likeness (QED) is 0.892. The first-order valence-corrected chi connectivity index (χ1v) is 7.55. The highest BCUT2D eigenvalue weighted by Gasteiger charge is 2.45. The molecule has 1 aromatic rings. The summed E-state index contributed by atoms with van der Waals surface area (Å²) in [7, 11) is 0. The van der Waals surface area contributed by atoms with Crippen molar-refractivity contribution in [1.82, 2.24) is 15.4 Å². The summed E-state index contributed by atoms with van der Waals surface area (Å²) in [6, 6.07) is 1.70. The summed E-state index contributed by atoms with van der Waals surface area (Å²) in [5.41, 5.74) is -0.358. The molecule has 2 aliphatic heterocycles. The van der Waals surface area contributed by atoms with Crippen molar-refractivity contribution in [3.8, 4) is 0 Å². The molecular formula is C15H20N4O3. The average molecular weight is 304 g/mol. The van der Waals surface area contributed by atoms with E-state index in [0.717, 1.165) is 0 Å². The smallest absolute Gasteiger partial charge is 0.276 e. The highest BCUT2D eigenvalue weighted by Crippen LogP contribution is 2.30. The first-order valence-electron chi connectivity index (χ1n) is 7.55. The number of aliphatic imine (C=N–C) groups is 1. The van der Waals surface area contributed by atoms with E-state index in [1.165, 1.54) is 0 Å². The summed E-state index contributed by atoms with van der Waals surface area (Å²) in [5.74, 6) is 1.35. The molecule has 22 heavy (non-hydrogen) atoms. The van der Waals surface area contributed by atoms with E-state index in [2.05, 4.69) is 15.5 Å². The molecule has 3 rings (SSSR count). The lowest BCUT2D eigenvalue weighted by molar-refractivity contribution is -0.125. The van der Waals surface area contributed by atoms with Crippen molar-refractivity contribution < 1.29 is 14.1 Å². The molecule has 1 fully saturated rings. The molecule has 0 saturated carbocycles. The molecule has 1 spiro atoms. The van der Waals surface area contributed by atoms with Crippen LogP contribution < -0.4 is 5.32 Å². The topological polar surface area (TPSA) is 87.8 Å². The first-order chi connectivity index (χ1) is 10.4. The Balaban J connectivity index is 1.68. The predicted octanol–water partition coefficient (Wildman–Crippen LogP) is 1.32. The van der Waals surface area contributed by atoms with Gasteiger partial charge in [0.2, 0.25) is 0 Å². The van der Waals surface area contributed by atoms with Crippen LogP contribution in [-0.2, 0) is 4.79 Å². The van der Waals surface area contributed by atoms with E-state index in [0.29, 0.717) is 43.2 Å². The van der Waals surface area contributed by atoms with Gasteiger partial charge in [-0.25, -0.2) is 0 Å². The van der Waals surface area contributed by atoms with Gasteiger partial charge >= 0.3 is 0 Å². The molecule has 118 valence electrons. The Morgan fingerprint density at radius 1 is 1.41 bits per heavy atom. The maximum Gasteiger partial charge on any atom is 0.276 e. The Labute approximate surface area is 128 Å². The highest BCUT2D eigenvalue weighted by molar-refractivity contribution is 6.07. The van der Waals surface area contributed by atoms with E-state index in [9.17, 15) is 9.59 Å². The van der Waals surface area contributed by atoms with Gasteiger partial charge in [-0.2, -0.15) is 0 Å². The maximum atomic E-state index is 12.5. The SMILES string of the molecule is CC1=NC2(CCN(C(=O)c3cc(C(C)C)on3)CC2)C(=O)N1. The lowest BCUT2D eigenvalue weighted by Crippen LogP contribution is -2.50. The average Bonchev–Trinajstić information content (AvgIpc) is 3.05. The number of amides is 2. The number of carbonyl (C=O) groups is 2. The van der Waals surface area contributed by atoms with E-state index in [4.69, 9.17) is 4.52 Å². The Morgan fingerprint density at radius 2 is 2.09 bits per heavy atom. The molecule has 2 amide bonds. The molecule has 1 N–H and O–H groups in total. The largest absolute Gasteiger partial charge is 0.360 e. The number of nitrogens with zero attached hydrogens (tertiary/aromatic N) is 3. The van der Waals surface area contributed by atoms with Crippen LogP contribution >= 0.6 is 0 Å². The summed E-state index contributed by atoms with van der Waals surface area (Å²) in [6.07, 6.45) is 1.08. The lowest BCUT2D eigenvalue weighted by Gasteiger charge is -2.35. The second kappa shape index (κ2) is 5.23. The minimum absolute atomic E-state index is 0.0550. The third-order valence-electron chi connectivity index (χ3n) is 4.29. The number of hydrogen-bond acceptors (Lipinski definition) is 5. The van der Waals surface area contributed by atoms with Gasteiger partial charge in [-0.15, -0.1) is 0 Å². The van der Waals surface area contributed by atoms with Crippen LogP contribution in [0, 0.1) is 0 Å². The number of likely N-dealkylation sites (tertiary alicyclic amines) is 1. The number of piperidine rings is 1. The molecule has 0 unspecified atom stereocenters. The van der Waals surface area contributed by atoms with E-state index in [1.807, 2.05) is 13.8 Å². The van der Waals surface area contributed by atoms with Gasteiger partial charge < -0.3 is 14.7 Å². The van der Waals surface area contributed by atoms with Crippen molar-refractivity contribution in [2.75, 3.05) is 13.1 Å². The van der Waals surface area contributed by atoms with Crippen LogP contribution in [-0.4, -0.2) is 46.3 Å². The van der Waals surface area contributed by atoms with Gasteiger partial charge in [0.15, 0.2) is 5.69 Å². The fraction of sp³-hybridized carbons (Fsp3) is 0.600. The van der Waals surface area contributed by atoms with Crippen LogP contribution in [0.15, 0.2) is 15.6 Å². The van der Waals surface area contributed by atoms with E-state index in [-0.39, 0.29) is 17.7 Å². The number of amidine groups is 1. The molecule has 2 aliphatic rings. The molecule has 1 aromatic heterocycles. The Morgan fingerprint density at radius 3 is 2.59 bits per heavy atom. The van der Waals surface area contributed by atoms with Crippen molar-refractivity contribution >= 4 is 17.6 Å².